The SMILES string of the molecule is Cn1cc(Cn2cc(CBr)nn2)cn1. The summed E-state index contributed by atoms with van der Waals surface area (Å²) >= 11 is 3.33. The predicted octanol–water partition coefficient (Wildman–Crippen LogP) is 0.955. The van der Waals surface area contributed by atoms with Gasteiger partial charge in [0.15, 0.2) is 0 Å². The molecule has 0 bridgehead atoms. The van der Waals surface area contributed by atoms with E-state index in [0.29, 0.717) is 6.54 Å². The van der Waals surface area contributed by atoms with Gasteiger partial charge in [0, 0.05) is 30.3 Å². The molecule has 0 saturated carbocycles. The zero-order valence-corrected chi connectivity index (χ0v) is 9.35. The predicted molar refractivity (Wildman–Crippen MR) is 55.0 cm³/mol. The van der Waals surface area contributed by atoms with Gasteiger partial charge in [-0.2, -0.15) is 5.10 Å². The van der Waals surface area contributed by atoms with Gasteiger partial charge in [-0.3, -0.25) is 4.68 Å². The van der Waals surface area contributed by atoms with Crippen molar-refractivity contribution < 1.29 is 0 Å². The van der Waals surface area contributed by atoms with Crippen LogP contribution in [0.5, 0.6) is 0 Å². The lowest BCUT2D eigenvalue weighted by Crippen LogP contribution is -1.99. The number of rotatable bonds is 3. The lowest BCUT2D eigenvalue weighted by molar-refractivity contribution is 0.648. The zero-order valence-electron chi connectivity index (χ0n) is 7.76. The van der Waals surface area contributed by atoms with E-state index in [-0.39, 0.29) is 0 Å². The Morgan fingerprint density at radius 3 is 2.86 bits per heavy atom. The molecule has 0 N–H and O–H groups in total. The molecular weight excluding hydrogens is 246 g/mol. The van der Waals surface area contributed by atoms with E-state index in [2.05, 4.69) is 31.3 Å². The van der Waals surface area contributed by atoms with Crippen molar-refractivity contribution >= 4 is 15.9 Å². The minimum atomic E-state index is 0.716. The van der Waals surface area contributed by atoms with Crippen molar-refractivity contribution in [2.45, 2.75) is 11.9 Å². The summed E-state index contributed by atoms with van der Waals surface area (Å²) in [5, 5.41) is 12.8. The Balaban J connectivity index is 2.10. The van der Waals surface area contributed by atoms with E-state index < -0.39 is 0 Å². The Morgan fingerprint density at radius 1 is 1.43 bits per heavy atom. The zero-order chi connectivity index (χ0) is 9.97. The second-order valence-corrected chi connectivity index (χ2v) is 3.62. The Kier molecular flexibility index (Phi) is 2.62. The van der Waals surface area contributed by atoms with Crippen LogP contribution in [-0.2, 0) is 18.9 Å². The smallest absolute Gasteiger partial charge is 0.0932 e. The van der Waals surface area contributed by atoms with E-state index in [0.717, 1.165) is 16.6 Å². The van der Waals surface area contributed by atoms with Crippen molar-refractivity contribution in [1.29, 1.82) is 0 Å². The molecule has 14 heavy (non-hydrogen) atoms. The summed E-state index contributed by atoms with van der Waals surface area (Å²) in [6, 6.07) is 0. The molecule has 0 aliphatic heterocycles. The quantitative estimate of drug-likeness (QED) is 0.768. The van der Waals surface area contributed by atoms with Gasteiger partial charge in [0.25, 0.3) is 0 Å². The average molecular weight is 256 g/mol. The van der Waals surface area contributed by atoms with Gasteiger partial charge in [-0.25, -0.2) is 4.68 Å². The van der Waals surface area contributed by atoms with Crippen LogP contribution in [-0.4, -0.2) is 24.8 Å². The van der Waals surface area contributed by atoms with Crippen molar-refractivity contribution in [2.75, 3.05) is 0 Å². The van der Waals surface area contributed by atoms with Crippen molar-refractivity contribution in [1.82, 2.24) is 24.8 Å². The maximum Gasteiger partial charge on any atom is 0.0932 e. The lowest BCUT2D eigenvalue weighted by Gasteiger charge is -1.94. The van der Waals surface area contributed by atoms with Gasteiger partial charge >= 0.3 is 0 Å². The van der Waals surface area contributed by atoms with Gasteiger partial charge < -0.3 is 0 Å². The molecule has 2 heterocycles. The molecule has 5 nitrogen and oxygen atoms in total. The molecule has 0 fully saturated rings. The number of halogens is 1. The van der Waals surface area contributed by atoms with E-state index in [1.807, 2.05) is 25.6 Å². The molecule has 0 unspecified atom stereocenters. The van der Waals surface area contributed by atoms with Crippen LogP contribution < -0.4 is 0 Å². The monoisotopic (exact) mass is 255 g/mol. The van der Waals surface area contributed by atoms with Crippen molar-refractivity contribution in [3.63, 3.8) is 0 Å². The fourth-order valence-corrected chi connectivity index (χ4v) is 1.47. The highest BCUT2D eigenvalue weighted by molar-refractivity contribution is 9.08. The number of aromatic nitrogens is 5. The maximum atomic E-state index is 4.09. The van der Waals surface area contributed by atoms with E-state index in [1.165, 1.54) is 0 Å². The van der Waals surface area contributed by atoms with Crippen LogP contribution in [0.4, 0.5) is 0 Å². The molecule has 0 aliphatic carbocycles. The van der Waals surface area contributed by atoms with E-state index in [9.17, 15) is 0 Å². The normalized spacial score (nSPS) is 10.7. The average Bonchev–Trinajstić information content (AvgIpc) is 2.76. The molecule has 0 aromatic carbocycles. The van der Waals surface area contributed by atoms with Crippen molar-refractivity contribution in [3.05, 3.63) is 29.8 Å². The highest BCUT2D eigenvalue weighted by Crippen LogP contribution is 2.03. The third kappa shape index (κ3) is 2.01. The van der Waals surface area contributed by atoms with Crippen LogP contribution in [0.25, 0.3) is 0 Å². The summed E-state index contributed by atoms with van der Waals surface area (Å²) in [5.74, 6) is 0. The minimum absolute atomic E-state index is 0.716. The fraction of sp³-hybridized carbons (Fsp3) is 0.375. The minimum Gasteiger partial charge on any atom is -0.275 e. The van der Waals surface area contributed by atoms with Crippen LogP contribution in [0.2, 0.25) is 0 Å². The summed E-state index contributed by atoms with van der Waals surface area (Å²) in [4.78, 5) is 0. The number of nitrogens with zero attached hydrogens (tertiary/aromatic N) is 5. The molecule has 0 aliphatic rings. The number of hydrogen-bond acceptors (Lipinski definition) is 3. The molecular formula is C8H10BrN5. The van der Waals surface area contributed by atoms with Crippen LogP contribution in [0.1, 0.15) is 11.3 Å². The second kappa shape index (κ2) is 3.91. The van der Waals surface area contributed by atoms with Crippen LogP contribution in [0, 0.1) is 0 Å². The molecule has 2 rings (SSSR count). The summed E-state index contributed by atoms with van der Waals surface area (Å²) in [6.07, 6.45) is 5.72. The van der Waals surface area contributed by atoms with Crippen LogP contribution in [0.15, 0.2) is 18.6 Å². The topological polar surface area (TPSA) is 48.5 Å². The molecule has 6 heteroatoms. The van der Waals surface area contributed by atoms with Gasteiger partial charge in [0.1, 0.15) is 0 Å². The van der Waals surface area contributed by atoms with Crippen molar-refractivity contribution in [3.8, 4) is 0 Å². The number of aryl methyl sites for hydroxylation is 1. The molecule has 2 aromatic heterocycles. The van der Waals surface area contributed by atoms with Gasteiger partial charge in [-0.1, -0.05) is 21.1 Å². The Hall–Kier alpha value is -1.17. The summed E-state index contributed by atoms with van der Waals surface area (Å²) in [5.41, 5.74) is 2.06. The fourth-order valence-electron chi connectivity index (χ4n) is 1.22. The highest BCUT2D eigenvalue weighted by Gasteiger charge is 2.01. The lowest BCUT2D eigenvalue weighted by atomic mass is 10.4. The summed E-state index contributed by atoms with van der Waals surface area (Å²) < 4.78 is 3.57. The molecule has 0 saturated heterocycles. The molecule has 0 atom stereocenters. The first kappa shape index (κ1) is 9.39. The second-order valence-electron chi connectivity index (χ2n) is 3.06. The van der Waals surface area contributed by atoms with E-state index in [1.54, 1.807) is 9.36 Å². The van der Waals surface area contributed by atoms with Gasteiger partial charge in [-0.05, 0) is 0 Å². The number of alkyl halides is 1. The Labute approximate surface area is 89.9 Å². The first-order chi connectivity index (χ1) is 6.78. The van der Waals surface area contributed by atoms with Crippen LogP contribution in [0.3, 0.4) is 0 Å². The van der Waals surface area contributed by atoms with Crippen molar-refractivity contribution in [2.24, 2.45) is 7.05 Å². The maximum absolute atomic E-state index is 4.09. The highest BCUT2D eigenvalue weighted by atomic mass is 79.9. The summed E-state index contributed by atoms with van der Waals surface area (Å²) in [7, 11) is 1.90. The van der Waals surface area contributed by atoms with Gasteiger partial charge in [0.05, 0.1) is 18.4 Å². The molecule has 74 valence electrons. The summed E-state index contributed by atoms with van der Waals surface area (Å²) in [6.45, 7) is 0.716. The standard InChI is InChI=1S/C8H10BrN5/c1-13-4-7(3-10-13)5-14-6-8(2-9)11-12-14/h3-4,6H,2,5H2,1H3. The van der Waals surface area contributed by atoms with E-state index in [4.69, 9.17) is 0 Å². The third-order valence-electron chi connectivity index (χ3n) is 1.83. The number of hydrogen-bond donors (Lipinski definition) is 0. The largest absolute Gasteiger partial charge is 0.275 e. The molecule has 0 amide bonds. The van der Waals surface area contributed by atoms with Gasteiger partial charge in [-0.15, -0.1) is 5.10 Å². The van der Waals surface area contributed by atoms with E-state index >= 15 is 0 Å². The Morgan fingerprint density at radius 2 is 2.29 bits per heavy atom. The first-order valence-electron chi connectivity index (χ1n) is 4.20. The molecule has 0 spiro atoms. The molecule has 2 aromatic rings. The Bertz CT molecular complexity index is 419. The molecule has 0 radical (unpaired) electrons. The van der Waals surface area contributed by atoms with Crippen LogP contribution >= 0.6 is 15.9 Å². The first-order valence-corrected chi connectivity index (χ1v) is 5.32. The third-order valence-corrected chi connectivity index (χ3v) is 2.40. The van der Waals surface area contributed by atoms with Gasteiger partial charge in [0.2, 0.25) is 0 Å².